The largest absolute Gasteiger partial charge is 0.338 e. The molecule has 1 N–H and O–H groups in total. The van der Waals surface area contributed by atoms with Gasteiger partial charge in [0.1, 0.15) is 0 Å². The van der Waals surface area contributed by atoms with Crippen molar-refractivity contribution in [3.63, 3.8) is 0 Å². The Labute approximate surface area is 117 Å². The average molecular weight is 262 g/mol. The molecule has 0 saturated heterocycles. The van der Waals surface area contributed by atoms with Crippen LogP contribution in [-0.4, -0.2) is 30.6 Å². The third-order valence-electron chi connectivity index (χ3n) is 3.05. The Hall–Kier alpha value is -1.51. The summed E-state index contributed by atoms with van der Waals surface area (Å²) in [6, 6.07) is 8.49. The van der Waals surface area contributed by atoms with Gasteiger partial charge in [-0.1, -0.05) is 43.7 Å². The molecule has 1 aromatic rings. The number of amides is 2. The van der Waals surface area contributed by atoms with Crippen LogP contribution in [0.3, 0.4) is 0 Å². The van der Waals surface area contributed by atoms with Crippen molar-refractivity contribution in [3.05, 3.63) is 35.4 Å². The SMILES string of the molecule is CCCN(CCC)C(=O)NCCc1cccc(C)c1. The predicted molar refractivity (Wildman–Crippen MR) is 80.4 cm³/mol. The Morgan fingerprint density at radius 3 is 2.47 bits per heavy atom. The number of hydrogen-bond acceptors (Lipinski definition) is 1. The van der Waals surface area contributed by atoms with Gasteiger partial charge in [-0.05, 0) is 31.7 Å². The van der Waals surface area contributed by atoms with Crippen LogP contribution in [0.25, 0.3) is 0 Å². The molecule has 0 aliphatic carbocycles. The van der Waals surface area contributed by atoms with E-state index in [0.717, 1.165) is 32.4 Å². The molecule has 1 aromatic carbocycles. The standard InChI is InChI=1S/C16H26N2O/c1-4-11-18(12-5-2)16(19)17-10-9-15-8-6-7-14(3)13-15/h6-8,13H,4-5,9-12H2,1-3H3,(H,17,19). The van der Waals surface area contributed by atoms with Gasteiger partial charge in [0.15, 0.2) is 0 Å². The Balaban J connectivity index is 2.36. The summed E-state index contributed by atoms with van der Waals surface area (Å²) in [6.45, 7) is 8.66. The van der Waals surface area contributed by atoms with E-state index in [1.165, 1.54) is 11.1 Å². The Bertz CT molecular complexity index is 384. The van der Waals surface area contributed by atoms with Gasteiger partial charge in [-0.3, -0.25) is 0 Å². The van der Waals surface area contributed by atoms with Crippen molar-refractivity contribution in [2.75, 3.05) is 19.6 Å². The monoisotopic (exact) mass is 262 g/mol. The maximum Gasteiger partial charge on any atom is 0.317 e. The highest BCUT2D eigenvalue weighted by Crippen LogP contribution is 2.04. The molecule has 0 aromatic heterocycles. The van der Waals surface area contributed by atoms with Crippen molar-refractivity contribution in [3.8, 4) is 0 Å². The summed E-state index contributed by atoms with van der Waals surface area (Å²) in [5.41, 5.74) is 2.54. The van der Waals surface area contributed by atoms with Gasteiger partial charge in [0.05, 0.1) is 0 Å². The van der Waals surface area contributed by atoms with Crippen LogP contribution < -0.4 is 5.32 Å². The third kappa shape index (κ3) is 5.77. The van der Waals surface area contributed by atoms with E-state index < -0.39 is 0 Å². The molecule has 0 aliphatic rings. The minimum Gasteiger partial charge on any atom is -0.338 e. The average Bonchev–Trinajstić information content (AvgIpc) is 2.38. The number of benzene rings is 1. The lowest BCUT2D eigenvalue weighted by atomic mass is 10.1. The molecule has 2 amide bonds. The van der Waals surface area contributed by atoms with Crippen LogP contribution in [0.2, 0.25) is 0 Å². The number of nitrogens with zero attached hydrogens (tertiary/aromatic N) is 1. The zero-order valence-corrected chi connectivity index (χ0v) is 12.4. The fourth-order valence-electron chi connectivity index (χ4n) is 2.15. The quantitative estimate of drug-likeness (QED) is 0.803. The molecule has 0 atom stereocenters. The fraction of sp³-hybridized carbons (Fsp3) is 0.562. The number of carbonyl (C=O) groups is 1. The minimum absolute atomic E-state index is 0.0661. The number of carbonyl (C=O) groups excluding carboxylic acids is 1. The number of urea groups is 1. The maximum atomic E-state index is 12.0. The van der Waals surface area contributed by atoms with Gasteiger partial charge < -0.3 is 10.2 Å². The lowest BCUT2D eigenvalue weighted by Crippen LogP contribution is -2.41. The molecular weight excluding hydrogens is 236 g/mol. The van der Waals surface area contributed by atoms with Crippen molar-refractivity contribution in [1.82, 2.24) is 10.2 Å². The number of nitrogens with one attached hydrogen (secondary N) is 1. The van der Waals surface area contributed by atoms with E-state index in [0.29, 0.717) is 6.54 Å². The van der Waals surface area contributed by atoms with E-state index in [1.807, 2.05) is 4.90 Å². The lowest BCUT2D eigenvalue weighted by molar-refractivity contribution is 0.198. The van der Waals surface area contributed by atoms with Gasteiger partial charge in [-0.15, -0.1) is 0 Å². The van der Waals surface area contributed by atoms with Crippen LogP contribution in [0.4, 0.5) is 4.79 Å². The highest BCUT2D eigenvalue weighted by Gasteiger charge is 2.10. The van der Waals surface area contributed by atoms with Crippen LogP contribution in [0, 0.1) is 6.92 Å². The highest BCUT2D eigenvalue weighted by molar-refractivity contribution is 5.74. The van der Waals surface area contributed by atoms with Gasteiger partial charge in [0.25, 0.3) is 0 Å². The van der Waals surface area contributed by atoms with Crippen LogP contribution in [0.5, 0.6) is 0 Å². The summed E-state index contributed by atoms with van der Waals surface area (Å²) in [6.07, 6.45) is 2.90. The molecule has 106 valence electrons. The van der Waals surface area contributed by atoms with Crippen molar-refractivity contribution < 1.29 is 4.79 Å². The second-order valence-electron chi connectivity index (χ2n) is 4.96. The first-order valence-corrected chi connectivity index (χ1v) is 7.25. The Kier molecular flexibility index (Phi) is 7.01. The summed E-state index contributed by atoms with van der Waals surface area (Å²) < 4.78 is 0. The molecule has 0 fully saturated rings. The van der Waals surface area contributed by atoms with Gasteiger partial charge in [0.2, 0.25) is 0 Å². The summed E-state index contributed by atoms with van der Waals surface area (Å²) in [7, 11) is 0. The van der Waals surface area contributed by atoms with E-state index in [9.17, 15) is 4.79 Å². The molecule has 0 aliphatic heterocycles. The number of rotatable bonds is 7. The molecule has 3 heteroatoms. The first kappa shape index (κ1) is 15.5. The number of hydrogen-bond donors (Lipinski definition) is 1. The molecule has 3 nitrogen and oxygen atoms in total. The number of aryl methyl sites for hydroxylation is 1. The van der Waals surface area contributed by atoms with Crippen LogP contribution in [0.15, 0.2) is 24.3 Å². The van der Waals surface area contributed by atoms with Crippen LogP contribution in [-0.2, 0) is 6.42 Å². The third-order valence-corrected chi connectivity index (χ3v) is 3.05. The topological polar surface area (TPSA) is 32.3 Å². The van der Waals surface area contributed by atoms with E-state index in [1.54, 1.807) is 0 Å². The van der Waals surface area contributed by atoms with Gasteiger partial charge in [0, 0.05) is 19.6 Å². The van der Waals surface area contributed by atoms with E-state index in [-0.39, 0.29) is 6.03 Å². The van der Waals surface area contributed by atoms with Crippen LogP contribution in [0.1, 0.15) is 37.8 Å². The second kappa shape index (κ2) is 8.57. The summed E-state index contributed by atoms with van der Waals surface area (Å²) in [5.74, 6) is 0. The molecule has 0 saturated carbocycles. The minimum atomic E-state index is 0.0661. The molecule has 1 rings (SSSR count). The van der Waals surface area contributed by atoms with Crippen molar-refractivity contribution in [2.24, 2.45) is 0 Å². The molecule has 19 heavy (non-hydrogen) atoms. The van der Waals surface area contributed by atoms with E-state index in [2.05, 4.69) is 50.4 Å². The van der Waals surface area contributed by atoms with Crippen molar-refractivity contribution >= 4 is 6.03 Å². The molecule has 0 heterocycles. The van der Waals surface area contributed by atoms with Gasteiger partial charge in [-0.25, -0.2) is 4.79 Å². The first-order chi connectivity index (χ1) is 9.17. The molecule has 0 bridgehead atoms. The predicted octanol–water partition coefficient (Wildman–Crippen LogP) is 3.37. The molecule has 0 spiro atoms. The molecular formula is C16H26N2O. The van der Waals surface area contributed by atoms with Gasteiger partial charge in [-0.2, -0.15) is 0 Å². The zero-order valence-electron chi connectivity index (χ0n) is 12.4. The first-order valence-electron chi connectivity index (χ1n) is 7.25. The Morgan fingerprint density at radius 1 is 1.21 bits per heavy atom. The van der Waals surface area contributed by atoms with Gasteiger partial charge >= 0.3 is 6.03 Å². The zero-order chi connectivity index (χ0) is 14.1. The maximum absolute atomic E-state index is 12.0. The summed E-state index contributed by atoms with van der Waals surface area (Å²) in [4.78, 5) is 13.9. The molecule has 0 radical (unpaired) electrons. The normalized spacial score (nSPS) is 10.3. The van der Waals surface area contributed by atoms with E-state index in [4.69, 9.17) is 0 Å². The smallest absolute Gasteiger partial charge is 0.317 e. The van der Waals surface area contributed by atoms with Crippen molar-refractivity contribution in [1.29, 1.82) is 0 Å². The second-order valence-corrected chi connectivity index (χ2v) is 4.96. The molecule has 0 unspecified atom stereocenters. The lowest BCUT2D eigenvalue weighted by Gasteiger charge is -2.21. The fourth-order valence-corrected chi connectivity index (χ4v) is 2.15. The van der Waals surface area contributed by atoms with E-state index >= 15 is 0 Å². The highest BCUT2D eigenvalue weighted by atomic mass is 16.2. The summed E-state index contributed by atoms with van der Waals surface area (Å²) >= 11 is 0. The Morgan fingerprint density at radius 2 is 1.89 bits per heavy atom. The van der Waals surface area contributed by atoms with Crippen molar-refractivity contribution in [2.45, 2.75) is 40.0 Å². The summed E-state index contributed by atoms with van der Waals surface area (Å²) in [5, 5.41) is 3.01. The van der Waals surface area contributed by atoms with Crippen LogP contribution >= 0.6 is 0 Å².